The first-order valence-electron chi connectivity index (χ1n) is 5.42. The highest BCUT2D eigenvalue weighted by Gasteiger charge is 2.08. The summed E-state index contributed by atoms with van der Waals surface area (Å²) in [5, 5.41) is 2.96. The van der Waals surface area contributed by atoms with Gasteiger partial charge in [0.15, 0.2) is 0 Å². The van der Waals surface area contributed by atoms with Gasteiger partial charge in [0, 0.05) is 30.8 Å². The maximum absolute atomic E-state index is 13.6. The van der Waals surface area contributed by atoms with E-state index in [9.17, 15) is 8.78 Å². The van der Waals surface area contributed by atoms with Gasteiger partial charge in [-0.1, -0.05) is 0 Å². The number of benzene rings is 1. The summed E-state index contributed by atoms with van der Waals surface area (Å²) in [7, 11) is 0. The fraction of sp³-hybridized carbons (Fsp3) is 0.167. The van der Waals surface area contributed by atoms with Crippen molar-refractivity contribution in [3.05, 3.63) is 42.2 Å². The topological polar surface area (TPSA) is 63.8 Å². The molecule has 3 N–H and O–H groups in total. The number of nitrogens with one attached hydrogen (secondary N) is 1. The molecule has 2 aromatic rings. The molecule has 4 nitrogen and oxygen atoms in total. The van der Waals surface area contributed by atoms with Crippen LogP contribution in [-0.2, 0) is 0 Å². The van der Waals surface area contributed by atoms with E-state index in [1.807, 2.05) is 0 Å². The van der Waals surface area contributed by atoms with Gasteiger partial charge in [0.2, 0.25) is 0 Å². The van der Waals surface area contributed by atoms with E-state index in [-0.39, 0.29) is 5.56 Å². The molecule has 0 aliphatic heterocycles. The molecule has 0 saturated carbocycles. The van der Waals surface area contributed by atoms with Gasteiger partial charge in [-0.25, -0.2) is 18.7 Å². The van der Waals surface area contributed by atoms with Gasteiger partial charge in [-0.3, -0.25) is 0 Å². The van der Waals surface area contributed by atoms with Crippen LogP contribution in [-0.4, -0.2) is 23.1 Å². The molecule has 94 valence electrons. The van der Waals surface area contributed by atoms with E-state index in [2.05, 4.69) is 15.3 Å². The lowest BCUT2D eigenvalue weighted by atomic mass is 10.1. The molecule has 0 aliphatic rings. The van der Waals surface area contributed by atoms with Crippen LogP contribution in [0.4, 0.5) is 14.6 Å². The van der Waals surface area contributed by atoms with E-state index in [4.69, 9.17) is 5.73 Å². The smallest absolute Gasteiger partial charge is 0.135 e. The van der Waals surface area contributed by atoms with Crippen LogP contribution in [0.25, 0.3) is 11.3 Å². The lowest BCUT2D eigenvalue weighted by molar-refractivity contribution is 0.585. The third kappa shape index (κ3) is 2.78. The molecule has 0 spiro atoms. The second-order valence-corrected chi connectivity index (χ2v) is 3.63. The van der Waals surface area contributed by atoms with Crippen LogP contribution in [0, 0.1) is 11.6 Å². The van der Waals surface area contributed by atoms with Gasteiger partial charge in [0.05, 0.1) is 5.69 Å². The van der Waals surface area contributed by atoms with Gasteiger partial charge < -0.3 is 11.1 Å². The Bertz CT molecular complexity index is 545. The summed E-state index contributed by atoms with van der Waals surface area (Å²) in [6.45, 7) is 1.02. The van der Waals surface area contributed by atoms with Crippen LogP contribution in [0.15, 0.2) is 30.6 Å². The quantitative estimate of drug-likeness (QED) is 0.868. The normalized spacial score (nSPS) is 10.4. The van der Waals surface area contributed by atoms with E-state index < -0.39 is 11.6 Å². The number of hydrogen-bond acceptors (Lipinski definition) is 4. The zero-order valence-electron chi connectivity index (χ0n) is 9.53. The summed E-state index contributed by atoms with van der Waals surface area (Å²) < 4.78 is 26.4. The zero-order chi connectivity index (χ0) is 13.0. The number of nitrogens with two attached hydrogens (primary N) is 1. The Morgan fingerprint density at radius 1 is 1.17 bits per heavy atom. The third-order valence-corrected chi connectivity index (χ3v) is 2.32. The Balaban J connectivity index is 2.32. The van der Waals surface area contributed by atoms with E-state index in [1.54, 1.807) is 6.07 Å². The maximum Gasteiger partial charge on any atom is 0.135 e. The second-order valence-electron chi connectivity index (χ2n) is 3.63. The molecule has 18 heavy (non-hydrogen) atoms. The van der Waals surface area contributed by atoms with Crippen molar-refractivity contribution in [1.29, 1.82) is 0 Å². The fourth-order valence-corrected chi connectivity index (χ4v) is 1.50. The van der Waals surface area contributed by atoms with Crippen LogP contribution in [0.2, 0.25) is 0 Å². The van der Waals surface area contributed by atoms with Crippen molar-refractivity contribution in [3.63, 3.8) is 0 Å². The van der Waals surface area contributed by atoms with Crippen molar-refractivity contribution in [2.24, 2.45) is 5.73 Å². The molecular formula is C12H12F2N4. The average Bonchev–Trinajstić information content (AvgIpc) is 2.36. The van der Waals surface area contributed by atoms with Crippen molar-refractivity contribution in [3.8, 4) is 11.3 Å². The van der Waals surface area contributed by atoms with Gasteiger partial charge in [0.1, 0.15) is 23.8 Å². The standard InChI is InChI=1S/C12H12F2N4/c13-8-1-2-9(10(14)5-8)11-6-12(16-4-3-15)18-7-17-11/h1-2,5-7H,3-4,15H2,(H,16,17,18). The molecule has 0 bridgehead atoms. The molecule has 0 saturated heterocycles. The van der Waals surface area contributed by atoms with Crippen molar-refractivity contribution < 1.29 is 8.78 Å². The molecule has 1 aromatic carbocycles. The van der Waals surface area contributed by atoms with Crippen molar-refractivity contribution in [2.75, 3.05) is 18.4 Å². The number of nitrogens with zero attached hydrogens (tertiary/aromatic N) is 2. The van der Waals surface area contributed by atoms with Gasteiger partial charge >= 0.3 is 0 Å². The van der Waals surface area contributed by atoms with Crippen LogP contribution in [0.5, 0.6) is 0 Å². The average molecular weight is 250 g/mol. The lowest BCUT2D eigenvalue weighted by Crippen LogP contribution is -2.14. The van der Waals surface area contributed by atoms with E-state index >= 15 is 0 Å². The van der Waals surface area contributed by atoms with Crippen LogP contribution >= 0.6 is 0 Å². The van der Waals surface area contributed by atoms with Gasteiger partial charge in [-0.2, -0.15) is 0 Å². The Morgan fingerprint density at radius 2 is 2.00 bits per heavy atom. The molecule has 0 amide bonds. The zero-order valence-corrected chi connectivity index (χ0v) is 9.53. The highest BCUT2D eigenvalue weighted by Crippen LogP contribution is 2.22. The predicted octanol–water partition coefficient (Wildman–Crippen LogP) is 1.79. The van der Waals surface area contributed by atoms with Gasteiger partial charge in [-0.05, 0) is 12.1 Å². The molecule has 6 heteroatoms. The number of anilines is 1. The fourth-order valence-electron chi connectivity index (χ4n) is 1.50. The van der Waals surface area contributed by atoms with Gasteiger partial charge in [-0.15, -0.1) is 0 Å². The molecule has 2 rings (SSSR count). The molecule has 0 fully saturated rings. The Kier molecular flexibility index (Phi) is 3.78. The SMILES string of the molecule is NCCNc1cc(-c2ccc(F)cc2F)ncn1. The number of rotatable bonds is 4. The molecule has 1 aromatic heterocycles. The van der Waals surface area contributed by atoms with E-state index in [1.165, 1.54) is 18.5 Å². The molecule has 1 heterocycles. The second kappa shape index (κ2) is 5.50. The lowest BCUT2D eigenvalue weighted by Gasteiger charge is -2.06. The van der Waals surface area contributed by atoms with Crippen LogP contribution in [0.1, 0.15) is 0 Å². The summed E-state index contributed by atoms with van der Waals surface area (Å²) in [6, 6.07) is 4.95. The predicted molar refractivity (Wildman–Crippen MR) is 64.9 cm³/mol. The van der Waals surface area contributed by atoms with Crippen molar-refractivity contribution in [2.45, 2.75) is 0 Å². The minimum atomic E-state index is -0.654. The first kappa shape index (κ1) is 12.4. The molecule has 0 unspecified atom stereocenters. The number of aromatic nitrogens is 2. The van der Waals surface area contributed by atoms with E-state index in [0.29, 0.717) is 24.6 Å². The van der Waals surface area contributed by atoms with Crippen LogP contribution < -0.4 is 11.1 Å². The Hall–Kier alpha value is -2.08. The third-order valence-electron chi connectivity index (χ3n) is 2.32. The largest absolute Gasteiger partial charge is 0.369 e. The highest BCUT2D eigenvalue weighted by molar-refractivity contribution is 5.62. The summed E-state index contributed by atoms with van der Waals surface area (Å²) in [4.78, 5) is 7.94. The Morgan fingerprint density at radius 3 is 2.72 bits per heavy atom. The molecule has 0 atom stereocenters. The summed E-state index contributed by atoms with van der Waals surface area (Å²) in [6.07, 6.45) is 1.32. The molecular weight excluding hydrogens is 238 g/mol. The number of halogens is 2. The first-order chi connectivity index (χ1) is 8.70. The van der Waals surface area contributed by atoms with Crippen molar-refractivity contribution >= 4 is 5.82 Å². The van der Waals surface area contributed by atoms with Gasteiger partial charge in [0.25, 0.3) is 0 Å². The van der Waals surface area contributed by atoms with Crippen LogP contribution in [0.3, 0.4) is 0 Å². The minimum absolute atomic E-state index is 0.231. The minimum Gasteiger partial charge on any atom is -0.369 e. The number of hydrogen-bond donors (Lipinski definition) is 2. The Labute approximate surface area is 103 Å². The highest BCUT2D eigenvalue weighted by atomic mass is 19.1. The summed E-state index contributed by atoms with van der Waals surface area (Å²) in [5.41, 5.74) is 5.98. The first-order valence-corrected chi connectivity index (χ1v) is 5.42. The monoisotopic (exact) mass is 250 g/mol. The van der Waals surface area contributed by atoms with E-state index in [0.717, 1.165) is 6.07 Å². The molecule has 0 aliphatic carbocycles. The van der Waals surface area contributed by atoms with Crippen molar-refractivity contribution in [1.82, 2.24) is 9.97 Å². The maximum atomic E-state index is 13.6. The molecule has 0 radical (unpaired) electrons. The summed E-state index contributed by atoms with van der Waals surface area (Å²) >= 11 is 0. The summed E-state index contributed by atoms with van der Waals surface area (Å²) in [5.74, 6) is -0.723.